The molecule has 0 radical (unpaired) electrons. The van der Waals surface area contributed by atoms with Crippen LogP contribution in [-0.4, -0.2) is 35.2 Å². The smallest absolute Gasteiger partial charge is 0.321 e. The first-order chi connectivity index (χ1) is 9.88. The van der Waals surface area contributed by atoms with Crippen molar-refractivity contribution >= 4 is 11.7 Å². The van der Waals surface area contributed by atoms with Crippen molar-refractivity contribution < 1.29 is 23.1 Å². The number of anilines is 1. The molecule has 1 fully saturated rings. The quantitative estimate of drug-likeness (QED) is 0.825. The molecule has 1 saturated heterocycles. The molecule has 4 nitrogen and oxygen atoms in total. The number of carbonyl (C=O) groups is 1. The van der Waals surface area contributed by atoms with Crippen molar-refractivity contribution in [1.29, 1.82) is 0 Å². The van der Waals surface area contributed by atoms with Crippen LogP contribution in [0.25, 0.3) is 0 Å². The minimum Gasteiger partial charge on any atom is -0.393 e. The molecule has 0 spiro atoms. The molecule has 1 heterocycles. The Bertz CT molecular complexity index is 529. The van der Waals surface area contributed by atoms with Crippen LogP contribution in [-0.2, 0) is 0 Å². The molecule has 0 aliphatic carbocycles. The van der Waals surface area contributed by atoms with Crippen LogP contribution in [0.1, 0.15) is 19.8 Å². The van der Waals surface area contributed by atoms with Gasteiger partial charge in [-0.05, 0) is 25.7 Å². The Hall–Kier alpha value is -1.76. The van der Waals surface area contributed by atoms with Crippen molar-refractivity contribution in [1.82, 2.24) is 4.90 Å². The zero-order chi connectivity index (χ0) is 15.6. The molecule has 1 aromatic rings. The normalized spacial score (nSPS) is 17.7. The van der Waals surface area contributed by atoms with Gasteiger partial charge in [0.1, 0.15) is 5.82 Å². The highest BCUT2D eigenvalue weighted by Gasteiger charge is 2.26. The summed E-state index contributed by atoms with van der Waals surface area (Å²) in [4.78, 5) is 13.4. The number of aliphatic hydroxyl groups is 1. The van der Waals surface area contributed by atoms with Crippen molar-refractivity contribution in [2.24, 2.45) is 5.92 Å². The summed E-state index contributed by atoms with van der Waals surface area (Å²) >= 11 is 0. The molecule has 2 N–H and O–H groups in total. The summed E-state index contributed by atoms with van der Waals surface area (Å²) in [6, 6.07) is 0.444. The van der Waals surface area contributed by atoms with Crippen molar-refractivity contribution in [2.45, 2.75) is 25.9 Å². The summed E-state index contributed by atoms with van der Waals surface area (Å²) in [7, 11) is 0. The maximum atomic E-state index is 13.5. The first kappa shape index (κ1) is 15.6. The molecular weight excluding hydrogens is 285 g/mol. The van der Waals surface area contributed by atoms with E-state index in [0.717, 1.165) is 0 Å². The Morgan fingerprint density at radius 2 is 1.81 bits per heavy atom. The highest BCUT2D eigenvalue weighted by Crippen LogP contribution is 2.22. The monoisotopic (exact) mass is 302 g/mol. The van der Waals surface area contributed by atoms with E-state index in [1.165, 1.54) is 4.90 Å². The van der Waals surface area contributed by atoms with Crippen molar-refractivity contribution in [2.75, 3.05) is 18.4 Å². The SMILES string of the molecule is CC(O)C1CCN(C(=O)Nc2cc(F)c(F)cc2F)CC1. The molecule has 2 amide bonds. The fraction of sp³-hybridized carbons (Fsp3) is 0.500. The average Bonchev–Trinajstić information content (AvgIpc) is 2.44. The van der Waals surface area contributed by atoms with E-state index in [0.29, 0.717) is 38.1 Å². The number of nitrogens with one attached hydrogen (secondary N) is 1. The maximum Gasteiger partial charge on any atom is 0.321 e. The van der Waals surface area contributed by atoms with Gasteiger partial charge in [0.2, 0.25) is 0 Å². The number of aliphatic hydroxyl groups excluding tert-OH is 1. The number of rotatable bonds is 2. The number of carbonyl (C=O) groups excluding carboxylic acids is 1. The highest BCUT2D eigenvalue weighted by atomic mass is 19.2. The highest BCUT2D eigenvalue weighted by molar-refractivity contribution is 5.89. The fourth-order valence-corrected chi connectivity index (χ4v) is 2.40. The second-order valence-electron chi connectivity index (χ2n) is 5.24. The molecular formula is C14H17F3N2O2. The van der Waals surface area contributed by atoms with Gasteiger partial charge >= 0.3 is 6.03 Å². The van der Waals surface area contributed by atoms with Gasteiger partial charge in [-0.1, -0.05) is 0 Å². The third-order valence-electron chi connectivity index (χ3n) is 3.76. The average molecular weight is 302 g/mol. The standard InChI is InChI=1S/C14H17F3N2O2/c1-8(20)9-2-4-19(5-3-9)14(21)18-13-7-11(16)10(15)6-12(13)17/h6-9,20H,2-5H2,1H3,(H,18,21). The first-order valence-corrected chi connectivity index (χ1v) is 6.77. The lowest BCUT2D eigenvalue weighted by Crippen LogP contribution is -2.43. The molecule has 1 unspecified atom stereocenters. The number of hydrogen-bond acceptors (Lipinski definition) is 2. The zero-order valence-corrected chi connectivity index (χ0v) is 11.6. The number of likely N-dealkylation sites (tertiary alicyclic amines) is 1. The maximum absolute atomic E-state index is 13.5. The van der Waals surface area contributed by atoms with Crippen LogP contribution in [0.4, 0.5) is 23.7 Å². The van der Waals surface area contributed by atoms with Crippen LogP contribution >= 0.6 is 0 Å². The van der Waals surface area contributed by atoms with Crippen LogP contribution in [0.5, 0.6) is 0 Å². The van der Waals surface area contributed by atoms with Gasteiger partial charge in [-0.3, -0.25) is 0 Å². The lowest BCUT2D eigenvalue weighted by Gasteiger charge is -2.33. The molecule has 1 aromatic carbocycles. The van der Waals surface area contributed by atoms with Crippen molar-refractivity contribution in [3.63, 3.8) is 0 Å². The summed E-state index contributed by atoms with van der Waals surface area (Å²) in [5, 5.41) is 11.7. The van der Waals surface area contributed by atoms with Gasteiger partial charge in [-0.15, -0.1) is 0 Å². The Balaban J connectivity index is 1.98. The van der Waals surface area contributed by atoms with E-state index in [1.807, 2.05) is 0 Å². The molecule has 116 valence electrons. The van der Waals surface area contributed by atoms with E-state index in [2.05, 4.69) is 5.32 Å². The van der Waals surface area contributed by atoms with Crippen LogP contribution in [0.3, 0.4) is 0 Å². The first-order valence-electron chi connectivity index (χ1n) is 6.77. The van der Waals surface area contributed by atoms with Gasteiger partial charge in [-0.2, -0.15) is 0 Å². The van der Waals surface area contributed by atoms with E-state index in [-0.39, 0.29) is 5.92 Å². The summed E-state index contributed by atoms with van der Waals surface area (Å²) < 4.78 is 39.3. The lowest BCUT2D eigenvalue weighted by atomic mass is 9.92. The summed E-state index contributed by atoms with van der Waals surface area (Å²) in [6.07, 6.45) is 0.857. The molecule has 0 bridgehead atoms. The van der Waals surface area contributed by atoms with Crippen molar-refractivity contribution in [3.8, 4) is 0 Å². The molecule has 0 saturated carbocycles. The number of piperidine rings is 1. The van der Waals surface area contributed by atoms with Gasteiger partial charge in [0.15, 0.2) is 11.6 Å². The second-order valence-corrected chi connectivity index (χ2v) is 5.24. The predicted octanol–water partition coefficient (Wildman–Crippen LogP) is 2.73. The lowest BCUT2D eigenvalue weighted by molar-refractivity contribution is 0.0820. The fourth-order valence-electron chi connectivity index (χ4n) is 2.40. The van der Waals surface area contributed by atoms with Crippen LogP contribution < -0.4 is 5.32 Å². The molecule has 2 rings (SSSR count). The Labute approximate surface area is 120 Å². The Morgan fingerprint density at radius 3 is 2.38 bits per heavy atom. The molecule has 21 heavy (non-hydrogen) atoms. The second kappa shape index (κ2) is 6.34. The molecule has 1 atom stereocenters. The summed E-state index contributed by atoms with van der Waals surface area (Å²) in [6.45, 7) is 2.55. The van der Waals surface area contributed by atoms with E-state index < -0.39 is 35.3 Å². The van der Waals surface area contributed by atoms with Crippen molar-refractivity contribution in [3.05, 3.63) is 29.6 Å². The number of nitrogens with zero attached hydrogens (tertiary/aromatic N) is 1. The van der Waals surface area contributed by atoms with Gasteiger partial charge in [0.25, 0.3) is 0 Å². The van der Waals surface area contributed by atoms with Crippen LogP contribution in [0.2, 0.25) is 0 Å². The third-order valence-corrected chi connectivity index (χ3v) is 3.76. The van der Waals surface area contributed by atoms with E-state index in [4.69, 9.17) is 0 Å². The van der Waals surface area contributed by atoms with Gasteiger partial charge < -0.3 is 15.3 Å². The van der Waals surface area contributed by atoms with Crippen LogP contribution in [0.15, 0.2) is 12.1 Å². The Kier molecular flexibility index (Phi) is 4.72. The zero-order valence-electron chi connectivity index (χ0n) is 11.6. The molecule has 0 aromatic heterocycles. The number of urea groups is 1. The van der Waals surface area contributed by atoms with Crippen LogP contribution in [0, 0.1) is 23.4 Å². The molecule has 1 aliphatic heterocycles. The third kappa shape index (κ3) is 3.66. The van der Waals surface area contributed by atoms with E-state index >= 15 is 0 Å². The van der Waals surface area contributed by atoms with E-state index in [9.17, 15) is 23.1 Å². The predicted molar refractivity (Wildman–Crippen MR) is 71.3 cm³/mol. The van der Waals surface area contributed by atoms with Gasteiger partial charge in [-0.25, -0.2) is 18.0 Å². The number of benzene rings is 1. The minimum absolute atomic E-state index is 0.133. The topological polar surface area (TPSA) is 52.6 Å². The summed E-state index contributed by atoms with van der Waals surface area (Å²) in [5.41, 5.74) is -0.392. The number of amides is 2. The number of halogens is 3. The van der Waals surface area contributed by atoms with E-state index in [1.54, 1.807) is 6.92 Å². The Morgan fingerprint density at radius 1 is 1.24 bits per heavy atom. The largest absolute Gasteiger partial charge is 0.393 e. The molecule has 7 heteroatoms. The number of hydrogen-bond donors (Lipinski definition) is 2. The molecule has 1 aliphatic rings. The summed E-state index contributed by atoms with van der Waals surface area (Å²) in [5.74, 6) is -3.42. The minimum atomic E-state index is -1.30. The van der Waals surface area contributed by atoms with Gasteiger partial charge in [0, 0.05) is 25.2 Å². The van der Waals surface area contributed by atoms with Gasteiger partial charge in [0.05, 0.1) is 11.8 Å².